The highest BCUT2D eigenvalue weighted by Crippen LogP contribution is 2.89. The van der Waals surface area contributed by atoms with E-state index in [0.717, 1.165) is 37.1 Å². The Morgan fingerprint density at radius 1 is 1.00 bits per heavy atom. The number of aliphatic hydroxyl groups is 1. The van der Waals surface area contributed by atoms with Crippen LogP contribution in [0, 0.1) is 51.2 Å². The van der Waals surface area contributed by atoms with Crippen LogP contribution < -0.4 is 0 Å². The number of alkyl halides is 1. The lowest BCUT2D eigenvalue weighted by molar-refractivity contribution is -0.247. The predicted molar refractivity (Wildman–Crippen MR) is 173 cm³/mol. The third kappa shape index (κ3) is 4.73. The van der Waals surface area contributed by atoms with Crippen LogP contribution in [0.3, 0.4) is 0 Å². The van der Waals surface area contributed by atoms with Crippen LogP contribution in [0.2, 0.25) is 0 Å². The summed E-state index contributed by atoms with van der Waals surface area (Å²) in [6, 6.07) is -0.0783. The minimum absolute atomic E-state index is 0.0256. The van der Waals surface area contributed by atoms with Crippen molar-refractivity contribution in [2.24, 2.45) is 51.2 Å². The summed E-state index contributed by atoms with van der Waals surface area (Å²) >= 11 is 0. The van der Waals surface area contributed by atoms with Crippen molar-refractivity contribution in [3.8, 4) is 0 Å². The molecule has 1 N–H and O–H groups in total. The molecule has 0 bridgehead atoms. The molecular formula is C38H64FNO5. The summed E-state index contributed by atoms with van der Waals surface area (Å²) in [6.45, 7) is 20.3. The maximum atomic E-state index is 13.5. The van der Waals surface area contributed by atoms with Crippen LogP contribution in [0.4, 0.5) is 4.39 Å². The second-order valence-electron chi connectivity index (χ2n) is 18.1. The van der Waals surface area contributed by atoms with E-state index in [0.29, 0.717) is 47.8 Å². The SMILES string of the molecule is CCOC(C1CCC2C(CC3C4CCC5C(C)(C)C(OC6CN(C(C)CF)CCO6)CCC56[C@@H](C)C46CCC23C)O1)C(C)(C)O. The average Bonchev–Trinajstić information content (AvgIpc) is 3.38. The van der Waals surface area contributed by atoms with Crippen molar-refractivity contribution in [2.45, 2.75) is 156 Å². The molecule has 0 aromatic rings. The smallest absolute Gasteiger partial charge is 0.170 e. The lowest BCUT2D eigenvalue weighted by Gasteiger charge is -2.60. The Kier molecular flexibility index (Phi) is 8.39. The van der Waals surface area contributed by atoms with E-state index in [1.165, 1.54) is 44.9 Å². The van der Waals surface area contributed by atoms with Crippen molar-refractivity contribution in [3.63, 3.8) is 0 Å². The molecule has 2 aliphatic heterocycles. The van der Waals surface area contributed by atoms with Crippen LogP contribution in [-0.2, 0) is 18.9 Å². The Balaban J connectivity index is 1.08. The molecule has 13 unspecified atom stereocenters. The van der Waals surface area contributed by atoms with E-state index < -0.39 is 5.60 Å². The predicted octanol–water partition coefficient (Wildman–Crippen LogP) is 7.02. The van der Waals surface area contributed by atoms with Gasteiger partial charge in [0.05, 0.1) is 30.5 Å². The van der Waals surface area contributed by atoms with E-state index in [4.69, 9.17) is 18.9 Å². The molecular weight excluding hydrogens is 569 g/mol. The highest BCUT2D eigenvalue weighted by atomic mass is 19.1. The van der Waals surface area contributed by atoms with Crippen LogP contribution in [0.25, 0.3) is 0 Å². The van der Waals surface area contributed by atoms with Crippen LogP contribution in [0.5, 0.6) is 0 Å². The summed E-state index contributed by atoms with van der Waals surface area (Å²) in [6.07, 6.45) is 11.0. The summed E-state index contributed by atoms with van der Waals surface area (Å²) in [4.78, 5) is 2.19. The molecule has 14 atom stereocenters. The number of hydrogen-bond acceptors (Lipinski definition) is 6. The molecule has 2 heterocycles. The number of nitrogens with zero attached hydrogens (tertiary/aromatic N) is 1. The van der Waals surface area contributed by atoms with Gasteiger partial charge in [-0.2, -0.15) is 0 Å². The largest absolute Gasteiger partial charge is 0.388 e. The lowest BCUT2D eigenvalue weighted by atomic mass is 9.46. The van der Waals surface area contributed by atoms with Crippen molar-refractivity contribution < 1.29 is 28.4 Å². The zero-order valence-electron chi connectivity index (χ0n) is 29.7. The molecule has 258 valence electrons. The minimum Gasteiger partial charge on any atom is -0.388 e. The Hall–Kier alpha value is -0.310. The van der Waals surface area contributed by atoms with Gasteiger partial charge in [-0.05, 0) is 137 Å². The summed E-state index contributed by atoms with van der Waals surface area (Å²) in [5.41, 5.74) is 0.427. The molecule has 2 spiro atoms. The Morgan fingerprint density at radius 3 is 2.47 bits per heavy atom. The third-order valence-electron chi connectivity index (χ3n) is 15.8. The Labute approximate surface area is 272 Å². The number of ether oxygens (including phenoxy) is 4. The number of morpholine rings is 1. The van der Waals surface area contributed by atoms with Gasteiger partial charge >= 0.3 is 0 Å². The zero-order chi connectivity index (χ0) is 32.2. The molecule has 7 heteroatoms. The van der Waals surface area contributed by atoms with E-state index in [9.17, 15) is 9.50 Å². The molecule has 7 rings (SSSR count). The molecule has 45 heavy (non-hydrogen) atoms. The van der Waals surface area contributed by atoms with E-state index in [-0.39, 0.29) is 48.8 Å². The van der Waals surface area contributed by atoms with E-state index in [1.54, 1.807) is 0 Å². The normalized spacial score (nSPS) is 50.4. The fourth-order valence-electron chi connectivity index (χ4n) is 13.8. The van der Waals surface area contributed by atoms with Crippen LogP contribution in [0.1, 0.15) is 113 Å². The van der Waals surface area contributed by atoms with Crippen LogP contribution in [-0.4, -0.2) is 85.3 Å². The summed E-state index contributed by atoms with van der Waals surface area (Å²) in [5, 5.41) is 11.0. The van der Waals surface area contributed by atoms with Gasteiger partial charge in [0.1, 0.15) is 12.8 Å². The van der Waals surface area contributed by atoms with Crippen molar-refractivity contribution in [2.75, 3.05) is 33.0 Å². The van der Waals surface area contributed by atoms with E-state index in [1.807, 2.05) is 27.7 Å². The first-order valence-electron chi connectivity index (χ1n) is 18.8. The van der Waals surface area contributed by atoms with Gasteiger partial charge in [-0.25, -0.2) is 4.39 Å². The van der Waals surface area contributed by atoms with Crippen LogP contribution >= 0.6 is 0 Å². The molecule has 0 aromatic heterocycles. The van der Waals surface area contributed by atoms with Gasteiger partial charge in [0.25, 0.3) is 0 Å². The number of hydrogen-bond donors (Lipinski definition) is 1. The van der Waals surface area contributed by atoms with E-state index >= 15 is 0 Å². The minimum atomic E-state index is -0.911. The average molecular weight is 634 g/mol. The Morgan fingerprint density at radius 2 is 1.76 bits per heavy atom. The topological polar surface area (TPSA) is 60.4 Å². The molecule has 0 radical (unpaired) electrons. The molecule has 7 fully saturated rings. The highest BCUT2D eigenvalue weighted by molar-refractivity contribution is 5.32. The van der Waals surface area contributed by atoms with Crippen molar-refractivity contribution >= 4 is 0 Å². The molecule has 7 aliphatic rings. The fourth-order valence-corrected chi connectivity index (χ4v) is 13.8. The number of rotatable bonds is 8. The fraction of sp³-hybridized carbons (Fsp3) is 1.00. The highest BCUT2D eigenvalue weighted by Gasteiger charge is 2.84. The Bertz CT molecular complexity index is 1100. The third-order valence-corrected chi connectivity index (χ3v) is 15.8. The lowest BCUT2D eigenvalue weighted by Crippen LogP contribution is -2.56. The monoisotopic (exact) mass is 633 g/mol. The summed E-state index contributed by atoms with van der Waals surface area (Å²) in [5.74, 6) is 3.59. The van der Waals surface area contributed by atoms with Gasteiger partial charge in [0, 0.05) is 25.7 Å². The maximum absolute atomic E-state index is 13.5. The number of fused-ring (bicyclic) bond motifs is 4. The van der Waals surface area contributed by atoms with Crippen LogP contribution in [0.15, 0.2) is 0 Å². The second kappa shape index (κ2) is 11.4. The molecule has 5 aliphatic carbocycles. The zero-order valence-corrected chi connectivity index (χ0v) is 29.7. The molecule has 5 saturated carbocycles. The molecule has 6 nitrogen and oxygen atoms in total. The van der Waals surface area contributed by atoms with Gasteiger partial charge in [-0.1, -0.05) is 27.7 Å². The quantitative estimate of drug-likeness (QED) is 0.310. The van der Waals surface area contributed by atoms with Gasteiger partial charge in [0.15, 0.2) is 6.29 Å². The second-order valence-corrected chi connectivity index (χ2v) is 18.1. The first-order chi connectivity index (χ1) is 21.3. The standard InChI is InChI=1S/C38H64FNO5/c1-9-42-33(35(6,7)41)28-12-10-26-29(44-28)20-27-25-11-13-30-34(4,5)31(45-32-22-40(18-19-43-32)23(2)21-39)14-15-38(30)24(3)37(25,38)17-16-36(26,27)8/h23-33,41H,9-22H2,1-8H3/t23?,24-,25?,26?,27?,28?,29?,30?,31?,32?,33?,36?,37?,38?/m0/s1. The van der Waals surface area contributed by atoms with Crippen molar-refractivity contribution in [1.29, 1.82) is 0 Å². The van der Waals surface area contributed by atoms with Gasteiger partial charge in [0.2, 0.25) is 0 Å². The van der Waals surface area contributed by atoms with E-state index in [2.05, 4.69) is 32.6 Å². The molecule has 0 aromatic carbocycles. The van der Waals surface area contributed by atoms with Gasteiger partial charge in [-0.15, -0.1) is 0 Å². The number of halogens is 1. The summed E-state index contributed by atoms with van der Waals surface area (Å²) < 4.78 is 39.5. The first kappa shape index (κ1) is 33.2. The van der Waals surface area contributed by atoms with Crippen molar-refractivity contribution in [3.05, 3.63) is 0 Å². The van der Waals surface area contributed by atoms with Gasteiger partial charge < -0.3 is 24.1 Å². The maximum Gasteiger partial charge on any atom is 0.170 e. The van der Waals surface area contributed by atoms with Gasteiger partial charge in [-0.3, -0.25) is 4.90 Å². The van der Waals surface area contributed by atoms with Crippen molar-refractivity contribution in [1.82, 2.24) is 4.90 Å². The first-order valence-corrected chi connectivity index (χ1v) is 18.8. The molecule has 2 saturated heterocycles. The summed E-state index contributed by atoms with van der Waals surface area (Å²) in [7, 11) is 0. The molecule has 0 amide bonds.